The summed E-state index contributed by atoms with van der Waals surface area (Å²) in [5.74, 6) is 0.951. The SMILES string of the molecule is CC(CN1CCOCC1)NC1=NCC(C2CC2)S1. The second-order valence-corrected chi connectivity index (χ2v) is 6.83. The molecule has 2 fully saturated rings. The van der Waals surface area contributed by atoms with Crippen molar-refractivity contribution < 1.29 is 4.74 Å². The number of hydrogen-bond donors (Lipinski definition) is 1. The Balaban J connectivity index is 1.39. The van der Waals surface area contributed by atoms with E-state index < -0.39 is 0 Å². The number of amidine groups is 1. The normalized spacial score (nSPS) is 31.2. The second-order valence-electron chi connectivity index (χ2n) is 5.60. The third-order valence-electron chi connectivity index (χ3n) is 3.83. The van der Waals surface area contributed by atoms with Crippen LogP contribution in [-0.4, -0.2) is 60.8 Å². The molecule has 0 aromatic heterocycles. The summed E-state index contributed by atoms with van der Waals surface area (Å²) in [6.45, 7) is 8.27. The maximum atomic E-state index is 5.37. The smallest absolute Gasteiger partial charge is 0.157 e. The molecule has 0 bridgehead atoms. The summed E-state index contributed by atoms with van der Waals surface area (Å²) in [4.78, 5) is 7.11. The Kier molecular flexibility index (Phi) is 4.11. The van der Waals surface area contributed by atoms with E-state index in [2.05, 4.69) is 22.1 Å². The van der Waals surface area contributed by atoms with Crippen LogP contribution in [0.2, 0.25) is 0 Å². The quantitative estimate of drug-likeness (QED) is 0.831. The molecule has 3 aliphatic rings. The zero-order valence-corrected chi connectivity index (χ0v) is 11.9. The van der Waals surface area contributed by atoms with Gasteiger partial charge in [0.1, 0.15) is 0 Å². The highest BCUT2D eigenvalue weighted by molar-refractivity contribution is 8.14. The maximum absolute atomic E-state index is 5.37. The Morgan fingerprint density at radius 1 is 1.44 bits per heavy atom. The molecular weight excluding hydrogens is 246 g/mol. The second kappa shape index (κ2) is 5.80. The number of hydrogen-bond acceptors (Lipinski definition) is 5. The van der Waals surface area contributed by atoms with E-state index in [4.69, 9.17) is 4.74 Å². The lowest BCUT2D eigenvalue weighted by Crippen LogP contribution is -2.45. The highest BCUT2D eigenvalue weighted by atomic mass is 32.2. The molecule has 0 aromatic carbocycles. The molecule has 18 heavy (non-hydrogen) atoms. The lowest BCUT2D eigenvalue weighted by Gasteiger charge is -2.29. The predicted octanol–water partition coefficient (Wildman–Crippen LogP) is 1.18. The summed E-state index contributed by atoms with van der Waals surface area (Å²) < 4.78 is 5.37. The van der Waals surface area contributed by atoms with E-state index in [1.165, 1.54) is 18.0 Å². The van der Waals surface area contributed by atoms with Gasteiger partial charge in [-0.3, -0.25) is 9.89 Å². The minimum absolute atomic E-state index is 0.479. The van der Waals surface area contributed by atoms with Gasteiger partial charge in [0.15, 0.2) is 5.17 Å². The highest BCUT2D eigenvalue weighted by Crippen LogP contribution is 2.41. The van der Waals surface area contributed by atoms with Crippen LogP contribution in [-0.2, 0) is 4.74 Å². The van der Waals surface area contributed by atoms with E-state index in [9.17, 15) is 0 Å². The molecule has 2 heterocycles. The Hall–Kier alpha value is -0.260. The summed E-state index contributed by atoms with van der Waals surface area (Å²) in [5.41, 5.74) is 0. The van der Waals surface area contributed by atoms with Crippen LogP contribution in [0.5, 0.6) is 0 Å². The predicted molar refractivity (Wildman–Crippen MR) is 76.3 cm³/mol. The molecule has 4 nitrogen and oxygen atoms in total. The summed E-state index contributed by atoms with van der Waals surface area (Å²) >= 11 is 1.97. The van der Waals surface area contributed by atoms with Crippen LogP contribution >= 0.6 is 11.8 Å². The first-order valence-corrected chi connectivity index (χ1v) is 7.97. The fraction of sp³-hybridized carbons (Fsp3) is 0.923. The van der Waals surface area contributed by atoms with E-state index in [1.807, 2.05) is 11.8 Å². The molecule has 2 aliphatic heterocycles. The Morgan fingerprint density at radius 2 is 2.22 bits per heavy atom. The fourth-order valence-corrected chi connectivity index (χ4v) is 3.93. The molecule has 1 N–H and O–H groups in total. The van der Waals surface area contributed by atoms with Gasteiger partial charge in [-0.2, -0.15) is 0 Å². The third-order valence-corrected chi connectivity index (χ3v) is 5.14. The van der Waals surface area contributed by atoms with Crippen LogP contribution in [0, 0.1) is 5.92 Å². The molecule has 0 amide bonds. The average molecular weight is 269 g/mol. The zero-order valence-electron chi connectivity index (χ0n) is 11.1. The van der Waals surface area contributed by atoms with Crippen LogP contribution < -0.4 is 5.32 Å². The first-order valence-electron chi connectivity index (χ1n) is 7.09. The van der Waals surface area contributed by atoms with E-state index in [0.29, 0.717) is 6.04 Å². The zero-order chi connectivity index (χ0) is 12.4. The van der Waals surface area contributed by atoms with Crippen molar-refractivity contribution in [3.05, 3.63) is 0 Å². The Morgan fingerprint density at radius 3 is 2.94 bits per heavy atom. The number of rotatable bonds is 4. The van der Waals surface area contributed by atoms with Gasteiger partial charge < -0.3 is 10.1 Å². The molecule has 0 aromatic rings. The molecule has 1 saturated carbocycles. The van der Waals surface area contributed by atoms with Gasteiger partial charge in [0, 0.05) is 30.9 Å². The third kappa shape index (κ3) is 3.39. The van der Waals surface area contributed by atoms with Crippen LogP contribution in [0.3, 0.4) is 0 Å². The molecule has 1 aliphatic carbocycles. The number of thioether (sulfide) groups is 1. The van der Waals surface area contributed by atoms with E-state index in [1.54, 1.807) is 0 Å². The Labute approximate surface area is 114 Å². The lowest BCUT2D eigenvalue weighted by molar-refractivity contribution is 0.0353. The number of ether oxygens (including phenoxy) is 1. The van der Waals surface area contributed by atoms with E-state index in [0.717, 1.165) is 50.6 Å². The van der Waals surface area contributed by atoms with E-state index in [-0.39, 0.29) is 0 Å². The molecule has 2 atom stereocenters. The summed E-state index contributed by atoms with van der Waals surface area (Å²) in [6.07, 6.45) is 2.84. The number of morpholine rings is 1. The first-order chi connectivity index (χ1) is 8.81. The largest absolute Gasteiger partial charge is 0.379 e. The number of nitrogens with one attached hydrogen (secondary N) is 1. The maximum Gasteiger partial charge on any atom is 0.157 e. The molecule has 0 radical (unpaired) electrons. The number of nitrogens with zero attached hydrogens (tertiary/aromatic N) is 2. The molecule has 102 valence electrons. The standard InChI is InChI=1S/C13H23N3OS/c1-10(9-16-4-6-17-7-5-16)15-13-14-8-12(18-13)11-2-3-11/h10-12H,2-9H2,1H3,(H,14,15). The van der Waals surface area contributed by atoms with Gasteiger partial charge in [0.25, 0.3) is 0 Å². The molecule has 1 saturated heterocycles. The van der Waals surface area contributed by atoms with E-state index >= 15 is 0 Å². The van der Waals surface area contributed by atoms with Crippen molar-refractivity contribution in [1.29, 1.82) is 0 Å². The van der Waals surface area contributed by atoms with Crippen LogP contribution in [0.25, 0.3) is 0 Å². The van der Waals surface area contributed by atoms with Crippen molar-refractivity contribution in [3.8, 4) is 0 Å². The molecule has 5 heteroatoms. The Bertz CT molecular complexity index is 313. The van der Waals surface area contributed by atoms with Crippen molar-refractivity contribution in [2.75, 3.05) is 39.4 Å². The van der Waals surface area contributed by atoms with Crippen LogP contribution in [0.4, 0.5) is 0 Å². The van der Waals surface area contributed by atoms with Gasteiger partial charge in [-0.25, -0.2) is 0 Å². The molecule has 0 spiro atoms. The minimum atomic E-state index is 0.479. The monoisotopic (exact) mass is 269 g/mol. The van der Waals surface area contributed by atoms with Gasteiger partial charge >= 0.3 is 0 Å². The van der Waals surface area contributed by atoms with Crippen molar-refractivity contribution in [1.82, 2.24) is 10.2 Å². The van der Waals surface area contributed by atoms with Gasteiger partial charge in [0.2, 0.25) is 0 Å². The van der Waals surface area contributed by atoms with Gasteiger partial charge in [-0.1, -0.05) is 11.8 Å². The fourth-order valence-electron chi connectivity index (χ4n) is 2.61. The van der Waals surface area contributed by atoms with Gasteiger partial charge in [0.05, 0.1) is 19.8 Å². The van der Waals surface area contributed by atoms with Crippen molar-refractivity contribution in [3.63, 3.8) is 0 Å². The van der Waals surface area contributed by atoms with Crippen LogP contribution in [0.15, 0.2) is 4.99 Å². The van der Waals surface area contributed by atoms with Crippen molar-refractivity contribution in [2.24, 2.45) is 10.9 Å². The van der Waals surface area contributed by atoms with Gasteiger partial charge in [-0.15, -0.1) is 0 Å². The van der Waals surface area contributed by atoms with Crippen molar-refractivity contribution >= 4 is 16.9 Å². The van der Waals surface area contributed by atoms with Gasteiger partial charge in [-0.05, 0) is 25.7 Å². The molecule has 2 unspecified atom stereocenters. The topological polar surface area (TPSA) is 36.9 Å². The summed E-state index contributed by atoms with van der Waals surface area (Å²) in [5, 5.41) is 5.51. The van der Waals surface area contributed by atoms with Crippen LogP contribution in [0.1, 0.15) is 19.8 Å². The molecule has 3 rings (SSSR count). The molecular formula is C13H23N3OS. The average Bonchev–Trinajstić information content (AvgIpc) is 3.12. The number of aliphatic imine (C=N–C) groups is 1. The highest BCUT2D eigenvalue weighted by Gasteiger charge is 2.35. The first kappa shape index (κ1) is 12.8. The summed E-state index contributed by atoms with van der Waals surface area (Å²) in [7, 11) is 0. The van der Waals surface area contributed by atoms with Crippen molar-refractivity contribution in [2.45, 2.75) is 31.1 Å². The summed E-state index contributed by atoms with van der Waals surface area (Å²) in [6, 6.07) is 0.479. The lowest BCUT2D eigenvalue weighted by atomic mass is 10.3. The minimum Gasteiger partial charge on any atom is -0.379 e.